The van der Waals surface area contributed by atoms with Gasteiger partial charge in [0.25, 0.3) is 5.91 Å². The minimum absolute atomic E-state index is 0.0356. The normalized spacial score (nSPS) is 11.5. The summed E-state index contributed by atoms with van der Waals surface area (Å²) in [6.07, 6.45) is 1.60. The molecule has 0 aliphatic rings. The first-order valence-corrected chi connectivity index (χ1v) is 7.81. The Bertz CT molecular complexity index is 896. The number of pyridine rings is 1. The molecule has 0 bridgehead atoms. The van der Waals surface area contributed by atoms with Crippen molar-refractivity contribution in [2.24, 2.45) is 0 Å². The van der Waals surface area contributed by atoms with E-state index in [9.17, 15) is 9.18 Å². The fraction of sp³-hybridized carbons (Fsp3) is 0.200. The van der Waals surface area contributed by atoms with Crippen LogP contribution >= 0.6 is 0 Å². The molecular weight excluding hydrogens is 303 g/mol. The first kappa shape index (κ1) is 16.1. The van der Waals surface area contributed by atoms with Crippen LogP contribution in [-0.4, -0.2) is 10.9 Å². The van der Waals surface area contributed by atoms with Crippen LogP contribution in [0.15, 0.2) is 54.7 Å². The van der Waals surface area contributed by atoms with Gasteiger partial charge in [-0.15, -0.1) is 0 Å². The summed E-state index contributed by atoms with van der Waals surface area (Å²) in [5.74, 6) is -0.590. The molecule has 1 aromatic heterocycles. The highest BCUT2D eigenvalue weighted by Crippen LogP contribution is 2.24. The van der Waals surface area contributed by atoms with Gasteiger partial charge in [0.1, 0.15) is 5.82 Å². The topological polar surface area (TPSA) is 42.0 Å². The average molecular weight is 322 g/mol. The third-order valence-corrected chi connectivity index (χ3v) is 3.96. The number of rotatable bonds is 2. The van der Waals surface area contributed by atoms with Gasteiger partial charge in [-0.2, -0.15) is 0 Å². The Morgan fingerprint density at radius 1 is 1.04 bits per heavy atom. The van der Waals surface area contributed by atoms with Crippen molar-refractivity contribution in [3.63, 3.8) is 0 Å². The van der Waals surface area contributed by atoms with Crippen molar-refractivity contribution in [1.82, 2.24) is 4.98 Å². The minimum atomic E-state index is -0.361. The number of benzene rings is 2. The summed E-state index contributed by atoms with van der Waals surface area (Å²) in [5.41, 5.74) is 2.94. The molecule has 24 heavy (non-hydrogen) atoms. The number of hydrogen-bond acceptors (Lipinski definition) is 2. The number of anilines is 1. The molecule has 4 heteroatoms. The highest BCUT2D eigenvalue weighted by molar-refractivity contribution is 6.08. The van der Waals surface area contributed by atoms with E-state index in [4.69, 9.17) is 0 Å². The van der Waals surface area contributed by atoms with Crippen LogP contribution in [0, 0.1) is 5.82 Å². The van der Waals surface area contributed by atoms with E-state index in [1.807, 2.05) is 12.1 Å². The third kappa shape index (κ3) is 3.27. The van der Waals surface area contributed by atoms with Crippen molar-refractivity contribution in [1.29, 1.82) is 0 Å². The van der Waals surface area contributed by atoms with E-state index < -0.39 is 0 Å². The van der Waals surface area contributed by atoms with Crippen molar-refractivity contribution in [2.75, 3.05) is 5.32 Å². The SMILES string of the molecule is CC(C)(C)c1ccc(C(=O)Nc2ccnc3ccc(F)cc23)cc1. The van der Waals surface area contributed by atoms with E-state index in [0.717, 1.165) is 5.56 Å². The standard InChI is InChI=1S/C20H19FN2O/c1-20(2,3)14-6-4-13(5-7-14)19(24)23-18-10-11-22-17-9-8-15(21)12-16(17)18/h4-12H,1-3H3,(H,22,23,24). The first-order valence-electron chi connectivity index (χ1n) is 7.81. The molecule has 0 aliphatic heterocycles. The number of hydrogen-bond donors (Lipinski definition) is 1. The molecule has 122 valence electrons. The number of nitrogens with zero attached hydrogens (tertiary/aromatic N) is 1. The first-order chi connectivity index (χ1) is 11.3. The molecule has 1 heterocycles. The maximum Gasteiger partial charge on any atom is 0.255 e. The lowest BCUT2D eigenvalue weighted by atomic mass is 9.87. The Kier molecular flexibility index (Phi) is 4.06. The molecule has 0 saturated carbocycles. The monoisotopic (exact) mass is 322 g/mol. The average Bonchev–Trinajstić information content (AvgIpc) is 2.54. The summed E-state index contributed by atoms with van der Waals surface area (Å²) < 4.78 is 13.5. The molecule has 0 saturated heterocycles. The second-order valence-corrected chi connectivity index (χ2v) is 6.80. The van der Waals surface area contributed by atoms with E-state index in [1.54, 1.807) is 30.5 Å². The summed E-state index contributed by atoms with van der Waals surface area (Å²) >= 11 is 0. The van der Waals surface area contributed by atoms with E-state index in [2.05, 4.69) is 31.1 Å². The molecule has 0 atom stereocenters. The number of nitrogens with one attached hydrogen (secondary N) is 1. The van der Waals surface area contributed by atoms with Crippen molar-refractivity contribution < 1.29 is 9.18 Å². The van der Waals surface area contributed by atoms with Gasteiger partial charge in [0.15, 0.2) is 0 Å². The van der Waals surface area contributed by atoms with Gasteiger partial charge in [-0.25, -0.2) is 4.39 Å². The number of halogens is 1. The van der Waals surface area contributed by atoms with Crippen molar-refractivity contribution >= 4 is 22.5 Å². The Morgan fingerprint density at radius 2 is 1.75 bits per heavy atom. The Morgan fingerprint density at radius 3 is 2.42 bits per heavy atom. The fourth-order valence-corrected chi connectivity index (χ4v) is 2.54. The van der Waals surface area contributed by atoms with Gasteiger partial charge in [0.2, 0.25) is 0 Å². The second kappa shape index (κ2) is 6.04. The number of aromatic nitrogens is 1. The Balaban J connectivity index is 1.89. The molecule has 0 radical (unpaired) electrons. The zero-order valence-electron chi connectivity index (χ0n) is 13.9. The molecule has 3 rings (SSSR count). The van der Waals surface area contributed by atoms with Gasteiger partial charge in [-0.05, 0) is 47.4 Å². The molecule has 1 N–H and O–H groups in total. The molecule has 1 amide bonds. The van der Waals surface area contributed by atoms with Gasteiger partial charge in [-0.3, -0.25) is 9.78 Å². The Labute approximate surface area is 140 Å². The highest BCUT2D eigenvalue weighted by Gasteiger charge is 2.15. The van der Waals surface area contributed by atoms with Gasteiger partial charge in [-0.1, -0.05) is 32.9 Å². The summed E-state index contributed by atoms with van der Waals surface area (Å²) in [7, 11) is 0. The minimum Gasteiger partial charge on any atom is -0.321 e. The molecule has 0 spiro atoms. The van der Waals surface area contributed by atoms with E-state index in [0.29, 0.717) is 22.2 Å². The predicted octanol–water partition coefficient (Wildman–Crippen LogP) is 4.92. The largest absolute Gasteiger partial charge is 0.321 e. The molecule has 0 fully saturated rings. The lowest BCUT2D eigenvalue weighted by Gasteiger charge is -2.19. The summed E-state index contributed by atoms with van der Waals surface area (Å²) in [4.78, 5) is 16.7. The zero-order chi connectivity index (χ0) is 17.3. The summed E-state index contributed by atoms with van der Waals surface area (Å²) in [6, 6.07) is 13.5. The predicted molar refractivity (Wildman–Crippen MR) is 94.8 cm³/mol. The molecule has 3 aromatic rings. The smallest absolute Gasteiger partial charge is 0.255 e. The quantitative estimate of drug-likeness (QED) is 0.727. The van der Waals surface area contributed by atoms with Gasteiger partial charge >= 0.3 is 0 Å². The lowest BCUT2D eigenvalue weighted by Crippen LogP contribution is -2.14. The number of carbonyl (C=O) groups is 1. The molecule has 2 aromatic carbocycles. The van der Waals surface area contributed by atoms with E-state index >= 15 is 0 Å². The van der Waals surface area contributed by atoms with Crippen LogP contribution < -0.4 is 5.32 Å². The van der Waals surface area contributed by atoms with Crippen LogP contribution in [-0.2, 0) is 5.41 Å². The Hall–Kier alpha value is -2.75. The van der Waals surface area contributed by atoms with Crippen LogP contribution in [0.4, 0.5) is 10.1 Å². The van der Waals surface area contributed by atoms with Crippen LogP contribution in [0.5, 0.6) is 0 Å². The summed E-state index contributed by atoms with van der Waals surface area (Å²) in [6.45, 7) is 6.37. The lowest BCUT2D eigenvalue weighted by molar-refractivity contribution is 0.102. The number of fused-ring (bicyclic) bond motifs is 1. The van der Waals surface area contributed by atoms with Crippen LogP contribution in [0.3, 0.4) is 0 Å². The summed E-state index contributed by atoms with van der Waals surface area (Å²) in [5, 5.41) is 3.42. The number of amides is 1. The van der Waals surface area contributed by atoms with Crippen LogP contribution in [0.2, 0.25) is 0 Å². The van der Waals surface area contributed by atoms with Crippen molar-refractivity contribution in [2.45, 2.75) is 26.2 Å². The van der Waals surface area contributed by atoms with Gasteiger partial charge < -0.3 is 5.32 Å². The highest BCUT2D eigenvalue weighted by atomic mass is 19.1. The van der Waals surface area contributed by atoms with E-state index in [-0.39, 0.29) is 17.1 Å². The molecule has 3 nitrogen and oxygen atoms in total. The molecule has 0 aliphatic carbocycles. The maximum absolute atomic E-state index is 13.5. The van der Waals surface area contributed by atoms with E-state index in [1.165, 1.54) is 12.1 Å². The zero-order valence-corrected chi connectivity index (χ0v) is 13.9. The van der Waals surface area contributed by atoms with Gasteiger partial charge in [0.05, 0.1) is 11.2 Å². The van der Waals surface area contributed by atoms with Crippen LogP contribution in [0.1, 0.15) is 36.7 Å². The van der Waals surface area contributed by atoms with Crippen molar-refractivity contribution in [3.8, 4) is 0 Å². The maximum atomic E-state index is 13.5. The fourth-order valence-electron chi connectivity index (χ4n) is 2.54. The molecular formula is C20H19FN2O. The number of carbonyl (C=O) groups excluding carboxylic acids is 1. The second-order valence-electron chi connectivity index (χ2n) is 6.80. The third-order valence-electron chi connectivity index (χ3n) is 3.96. The molecule has 0 unspecified atom stereocenters. The van der Waals surface area contributed by atoms with Gasteiger partial charge in [0, 0.05) is 17.1 Å². The van der Waals surface area contributed by atoms with Crippen LogP contribution in [0.25, 0.3) is 10.9 Å². The van der Waals surface area contributed by atoms with Crippen molar-refractivity contribution in [3.05, 3.63) is 71.7 Å².